The molecule has 0 spiro atoms. The highest BCUT2D eigenvalue weighted by Crippen LogP contribution is 2.42. The Bertz CT molecular complexity index is 743. The first-order valence-electron chi connectivity index (χ1n) is 7.32. The van der Waals surface area contributed by atoms with E-state index in [1.54, 1.807) is 12.1 Å². The normalized spacial score (nSPS) is 28.8. The van der Waals surface area contributed by atoms with Gasteiger partial charge in [0.15, 0.2) is 15.6 Å². The molecule has 1 aromatic rings. The number of nitrogens with zero attached hydrogens (tertiary/aromatic N) is 1. The maximum absolute atomic E-state index is 12.8. The third kappa shape index (κ3) is 2.30. The van der Waals surface area contributed by atoms with E-state index in [4.69, 9.17) is 10.00 Å². The van der Waals surface area contributed by atoms with E-state index in [1.807, 2.05) is 6.07 Å². The lowest BCUT2D eigenvalue weighted by Gasteiger charge is -2.27. The van der Waals surface area contributed by atoms with Gasteiger partial charge >= 0.3 is 0 Å². The van der Waals surface area contributed by atoms with E-state index in [0.29, 0.717) is 42.6 Å². The van der Waals surface area contributed by atoms with Crippen molar-refractivity contribution in [3.63, 3.8) is 0 Å². The number of carbonyl (C=O) groups excluding carboxylic acids is 1. The van der Waals surface area contributed by atoms with E-state index < -0.39 is 9.84 Å². The Hall–Kier alpha value is -1.87. The number of ether oxygens (including phenoxy) is 1. The van der Waals surface area contributed by atoms with Gasteiger partial charge in [-0.3, -0.25) is 4.79 Å². The fraction of sp³-hybridized carbons (Fsp3) is 0.500. The van der Waals surface area contributed by atoms with Crippen LogP contribution < -0.4 is 4.74 Å². The molecule has 1 aromatic carbocycles. The van der Waals surface area contributed by atoms with Crippen LogP contribution in [0, 0.1) is 17.2 Å². The highest BCUT2D eigenvalue weighted by molar-refractivity contribution is 7.93. The van der Waals surface area contributed by atoms with E-state index in [2.05, 4.69) is 0 Å². The van der Waals surface area contributed by atoms with Gasteiger partial charge in [0.1, 0.15) is 5.75 Å². The molecule has 2 aliphatic rings. The van der Waals surface area contributed by atoms with Crippen LogP contribution in [0.2, 0.25) is 0 Å². The molecule has 0 amide bonds. The van der Waals surface area contributed by atoms with Gasteiger partial charge in [0, 0.05) is 5.92 Å². The zero-order valence-corrected chi connectivity index (χ0v) is 13.1. The second-order valence-electron chi connectivity index (χ2n) is 5.97. The summed E-state index contributed by atoms with van der Waals surface area (Å²) in [7, 11) is -1.56. The Morgan fingerprint density at radius 2 is 1.91 bits per heavy atom. The lowest BCUT2D eigenvalue weighted by atomic mass is 9.89. The van der Waals surface area contributed by atoms with E-state index >= 15 is 0 Å². The number of sulfone groups is 1. The molecule has 3 rings (SSSR count). The van der Waals surface area contributed by atoms with Crippen LogP contribution in [0.3, 0.4) is 0 Å². The number of methoxy groups -OCH3 is 1. The monoisotopic (exact) mass is 319 g/mol. The van der Waals surface area contributed by atoms with Gasteiger partial charge < -0.3 is 4.74 Å². The van der Waals surface area contributed by atoms with Crippen LogP contribution in [0.1, 0.15) is 41.6 Å². The Labute approximate surface area is 129 Å². The zero-order valence-electron chi connectivity index (χ0n) is 12.3. The molecule has 22 heavy (non-hydrogen) atoms. The van der Waals surface area contributed by atoms with Crippen LogP contribution in [0.5, 0.6) is 5.75 Å². The minimum absolute atomic E-state index is 0.110. The maximum Gasteiger partial charge on any atom is 0.169 e. The molecule has 0 N–H and O–H groups in total. The first kappa shape index (κ1) is 15.0. The number of fused-ring (bicyclic) bond motifs is 2. The third-order valence-electron chi connectivity index (χ3n) is 4.80. The molecule has 2 atom stereocenters. The van der Waals surface area contributed by atoms with Gasteiger partial charge in [0.2, 0.25) is 0 Å². The molecule has 5 nitrogen and oxygen atoms in total. The van der Waals surface area contributed by atoms with Crippen molar-refractivity contribution < 1.29 is 17.9 Å². The van der Waals surface area contributed by atoms with Crippen molar-refractivity contribution in [2.75, 3.05) is 7.11 Å². The number of hydrogen-bond donors (Lipinski definition) is 0. The Morgan fingerprint density at radius 1 is 1.27 bits per heavy atom. The lowest BCUT2D eigenvalue weighted by Crippen LogP contribution is -2.36. The molecule has 0 saturated carbocycles. The molecule has 0 aromatic heterocycles. The summed E-state index contributed by atoms with van der Waals surface area (Å²) in [5.74, 6) is 0.0226. The summed E-state index contributed by atoms with van der Waals surface area (Å²) in [6.07, 6.45) is 2.09. The van der Waals surface area contributed by atoms with E-state index in [0.717, 1.165) is 0 Å². The second-order valence-corrected chi connectivity index (χ2v) is 8.48. The average molecular weight is 319 g/mol. The predicted molar refractivity (Wildman–Crippen MR) is 80.5 cm³/mol. The van der Waals surface area contributed by atoms with Gasteiger partial charge in [-0.05, 0) is 43.9 Å². The highest BCUT2D eigenvalue weighted by Gasteiger charge is 2.48. The van der Waals surface area contributed by atoms with Crippen molar-refractivity contribution in [3.05, 3.63) is 29.3 Å². The first-order valence-corrected chi connectivity index (χ1v) is 8.93. The number of nitriles is 1. The minimum Gasteiger partial charge on any atom is -0.496 e. The Balaban J connectivity index is 1.91. The molecule has 2 heterocycles. The standard InChI is InChI=1S/C16H17NO4S/c1-21-15-5-2-10(9-17)6-14(15)16(18)11-7-12-3-4-13(8-11)22(12,19)20/h2,5-6,11-13H,3-4,7-8H2,1H3. The fourth-order valence-electron chi connectivity index (χ4n) is 3.61. The number of carbonyl (C=O) groups is 1. The average Bonchev–Trinajstić information content (AvgIpc) is 2.72. The summed E-state index contributed by atoms with van der Waals surface area (Å²) in [4.78, 5) is 12.8. The van der Waals surface area contributed by atoms with Gasteiger partial charge in [-0.25, -0.2) is 8.42 Å². The largest absolute Gasteiger partial charge is 0.496 e. The van der Waals surface area contributed by atoms with Crippen molar-refractivity contribution >= 4 is 15.6 Å². The summed E-state index contributed by atoms with van der Waals surface area (Å²) >= 11 is 0. The van der Waals surface area contributed by atoms with Crippen molar-refractivity contribution in [2.45, 2.75) is 36.2 Å². The number of hydrogen-bond acceptors (Lipinski definition) is 5. The minimum atomic E-state index is -3.04. The Kier molecular flexibility index (Phi) is 3.69. The van der Waals surface area contributed by atoms with Crippen molar-refractivity contribution in [3.8, 4) is 11.8 Å². The van der Waals surface area contributed by atoms with Crippen LogP contribution in [0.25, 0.3) is 0 Å². The van der Waals surface area contributed by atoms with Crippen molar-refractivity contribution in [1.82, 2.24) is 0 Å². The predicted octanol–water partition coefficient (Wildman–Crippen LogP) is 2.11. The van der Waals surface area contributed by atoms with Gasteiger partial charge in [0.25, 0.3) is 0 Å². The number of benzene rings is 1. The summed E-state index contributed by atoms with van der Waals surface area (Å²) in [5, 5.41) is 8.23. The number of Topliss-reactive ketones (excluding diaryl/α,β-unsaturated/α-hetero) is 1. The van der Waals surface area contributed by atoms with Crippen molar-refractivity contribution in [1.29, 1.82) is 5.26 Å². The fourth-order valence-corrected chi connectivity index (χ4v) is 6.09. The van der Waals surface area contributed by atoms with Gasteiger partial charge in [-0.1, -0.05) is 0 Å². The summed E-state index contributed by atoms with van der Waals surface area (Å²) in [6, 6.07) is 6.76. The third-order valence-corrected chi connectivity index (χ3v) is 7.51. The molecule has 116 valence electrons. The second kappa shape index (κ2) is 5.40. The molecule has 0 radical (unpaired) electrons. The topological polar surface area (TPSA) is 84.2 Å². The van der Waals surface area contributed by atoms with E-state index in [1.165, 1.54) is 13.2 Å². The maximum atomic E-state index is 12.8. The number of ketones is 1. The van der Waals surface area contributed by atoms with Crippen LogP contribution in [0.15, 0.2) is 18.2 Å². The quantitative estimate of drug-likeness (QED) is 0.797. The molecular formula is C16H17NO4S. The van der Waals surface area contributed by atoms with E-state index in [9.17, 15) is 13.2 Å². The van der Waals surface area contributed by atoms with Crippen LogP contribution >= 0.6 is 0 Å². The highest BCUT2D eigenvalue weighted by atomic mass is 32.2. The zero-order chi connectivity index (χ0) is 15.9. The molecule has 2 saturated heterocycles. The lowest BCUT2D eigenvalue weighted by molar-refractivity contribution is 0.0902. The molecule has 6 heteroatoms. The summed E-state index contributed by atoms with van der Waals surface area (Å²) < 4.78 is 29.5. The Morgan fingerprint density at radius 3 is 2.45 bits per heavy atom. The van der Waals surface area contributed by atoms with Gasteiger partial charge in [-0.15, -0.1) is 0 Å². The molecule has 2 fully saturated rings. The van der Waals surface area contributed by atoms with Gasteiger partial charge in [-0.2, -0.15) is 5.26 Å². The molecule has 0 aliphatic carbocycles. The molecular weight excluding hydrogens is 302 g/mol. The molecule has 2 bridgehead atoms. The van der Waals surface area contributed by atoms with E-state index in [-0.39, 0.29) is 22.2 Å². The van der Waals surface area contributed by atoms with Crippen molar-refractivity contribution in [2.24, 2.45) is 5.92 Å². The number of rotatable bonds is 3. The summed E-state index contributed by atoms with van der Waals surface area (Å²) in [5.41, 5.74) is 0.779. The SMILES string of the molecule is COc1ccc(C#N)cc1C(=O)C1CC2CCC(C1)S2(=O)=O. The van der Waals surface area contributed by atoms with Crippen LogP contribution in [0.4, 0.5) is 0 Å². The first-order chi connectivity index (χ1) is 10.5. The molecule has 2 unspecified atom stereocenters. The summed E-state index contributed by atoms with van der Waals surface area (Å²) in [6.45, 7) is 0. The van der Waals surface area contributed by atoms with Gasteiger partial charge in [0.05, 0.1) is 34.8 Å². The smallest absolute Gasteiger partial charge is 0.169 e. The molecule has 2 aliphatic heterocycles. The van der Waals surface area contributed by atoms with Crippen LogP contribution in [-0.2, 0) is 9.84 Å². The van der Waals surface area contributed by atoms with Crippen LogP contribution in [-0.4, -0.2) is 31.8 Å².